The van der Waals surface area contributed by atoms with E-state index in [1.54, 1.807) is 6.07 Å². The molecule has 0 saturated carbocycles. The predicted molar refractivity (Wildman–Crippen MR) is 76.6 cm³/mol. The number of hydrogen-bond acceptors (Lipinski definition) is 5. The average Bonchev–Trinajstić information content (AvgIpc) is 2.45. The summed E-state index contributed by atoms with van der Waals surface area (Å²) in [5.41, 5.74) is 0.417. The zero-order valence-corrected chi connectivity index (χ0v) is 12.3. The van der Waals surface area contributed by atoms with E-state index in [1.165, 1.54) is 25.3 Å². The average molecular weight is 315 g/mol. The topological polar surface area (TPSA) is 113 Å². The summed E-state index contributed by atoms with van der Waals surface area (Å²) in [7, 11) is -2.46. The zero-order valence-electron chi connectivity index (χ0n) is 11.4. The molecule has 8 heteroatoms. The van der Waals surface area contributed by atoms with Crippen molar-refractivity contribution in [3.05, 3.63) is 29.8 Å². The molecule has 0 amide bonds. The van der Waals surface area contributed by atoms with Crippen molar-refractivity contribution in [2.24, 2.45) is 0 Å². The molecule has 0 aromatic heterocycles. The third kappa shape index (κ3) is 5.18. The van der Waals surface area contributed by atoms with Crippen molar-refractivity contribution < 1.29 is 28.2 Å². The molecule has 0 saturated heterocycles. The lowest BCUT2D eigenvalue weighted by atomic mass is 10.2. The number of hydrogen-bond donors (Lipinski definition) is 3. The molecule has 0 aliphatic rings. The lowest BCUT2D eigenvalue weighted by molar-refractivity contribution is -0.131. The number of aliphatic carboxylic acids is 1. The van der Waals surface area contributed by atoms with Gasteiger partial charge in [0.05, 0.1) is 7.11 Å². The Hall–Kier alpha value is -1.90. The second-order valence-corrected chi connectivity index (χ2v) is 5.79. The van der Waals surface area contributed by atoms with Crippen LogP contribution in [-0.4, -0.2) is 44.9 Å². The first-order valence-corrected chi connectivity index (χ1v) is 7.58. The summed E-state index contributed by atoms with van der Waals surface area (Å²) in [5.74, 6) is -0.977. The van der Waals surface area contributed by atoms with E-state index in [-0.39, 0.29) is 23.8 Å². The van der Waals surface area contributed by atoms with E-state index >= 15 is 0 Å². The van der Waals surface area contributed by atoms with E-state index in [0.717, 1.165) is 6.08 Å². The number of ether oxygens (including phenoxy) is 1. The Morgan fingerprint density at radius 2 is 2.14 bits per heavy atom. The highest BCUT2D eigenvalue weighted by molar-refractivity contribution is 7.89. The molecule has 1 rings (SSSR count). The van der Waals surface area contributed by atoms with Crippen molar-refractivity contribution in [1.82, 2.24) is 4.72 Å². The van der Waals surface area contributed by atoms with Gasteiger partial charge in [-0.25, -0.2) is 17.9 Å². The maximum Gasteiger partial charge on any atom is 0.328 e. The Labute approximate surface area is 122 Å². The number of sulfonamides is 1. The molecule has 3 N–H and O–H groups in total. The van der Waals surface area contributed by atoms with Crippen molar-refractivity contribution >= 4 is 22.1 Å². The summed E-state index contributed by atoms with van der Waals surface area (Å²) in [6, 6.07) is 4.31. The van der Waals surface area contributed by atoms with E-state index in [2.05, 4.69) is 4.72 Å². The van der Waals surface area contributed by atoms with E-state index < -0.39 is 16.0 Å². The fraction of sp³-hybridized carbons (Fsp3) is 0.308. The second kappa shape index (κ2) is 7.77. The third-order valence-electron chi connectivity index (χ3n) is 2.52. The Morgan fingerprint density at radius 3 is 2.71 bits per heavy atom. The largest absolute Gasteiger partial charge is 0.495 e. The van der Waals surface area contributed by atoms with E-state index in [0.29, 0.717) is 12.0 Å². The second-order valence-electron chi connectivity index (χ2n) is 4.06. The molecule has 0 heterocycles. The van der Waals surface area contributed by atoms with Gasteiger partial charge >= 0.3 is 5.97 Å². The molecule has 0 aliphatic carbocycles. The molecule has 0 spiro atoms. The first-order chi connectivity index (χ1) is 9.90. The number of aliphatic hydroxyl groups excluding tert-OH is 1. The number of benzene rings is 1. The maximum atomic E-state index is 12.2. The van der Waals surface area contributed by atoms with Crippen molar-refractivity contribution in [3.8, 4) is 5.75 Å². The molecule has 0 aliphatic heterocycles. The Bertz CT molecular complexity index is 624. The van der Waals surface area contributed by atoms with E-state index in [1.807, 2.05) is 0 Å². The lowest BCUT2D eigenvalue weighted by Gasteiger charge is -2.11. The highest BCUT2D eigenvalue weighted by Crippen LogP contribution is 2.25. The fourth-order valence-corrected chi connectivity index (χ4v) is 2.81. The summed E-state index contributed by atoms with van der Waals surface area (Å²) in [5, 5.41) is 17.3. The minimum absolute atomic E-state index is 0.0875. The highest BCUT2D eigenvalue weighted by atomic mass is 32.2. The molecule has 1 aromatic rings. The predicted octanol–water partition coefficient (Wildman–Crippen LogP) is 0.454. The minimum Gasteiger partial charge on any atom is -0.495 e. The van der Waals surface area contributed by atoms with Crippen LogP contribution in [0.2, 0.25) is 0 Å². The third-order valence-corrected chi connectivity index (χ3v) is 4.00. The van der Waals surface area contributed by atoms with Crippen LogP contribution in [0.1, 0.15) is 12.0 Å². The van der Waals surface area contributed by atoms with Gasteiger partial charge in [0.15, 0.2) is 0 Å². The number of nitrogens with one attached hydrogen (secondary N) is 1. The highest BCUT2D eigenvalue weighted by Gasteiger charge is 2.19. The SMILES string of the molecule is COc1ccc(/C=C/C(=O)O)cc1S(=O)(=O)NCCCO. The van der Waals surface area contributed by atoms with Crippen molar-refractivity contribution in [2.75, 3.05) is 20.3 Å². The number of rotatable bonds is 8. The van der Waals surface area contributed by atoms with Gasteiger partial charge in [-0.3, -0.25) is 0 Å². The number of aliphatic hydroxyl groups is 1. The Kier molecular flexibility index (Phi) is 6.35. The minimum atomic E-state index is -3.80. The standard InChI is InChI=1S/C13H17NO6S/c1-20-11-5-3-10(4-6-13(16)17)9-12(11)21(18,19)14-7-2-8-15/h3-6,9,14-15H,2,7-8H2,1H3,(H,16,17)/b6-4+. The summed E-state index contributed by atoms with van der Waals surface area (Å²) >= 11 is 0. The number of carboxylic acid groups (broad SMARTS) is 1. The Morgan fingerprint density at radius 1 is 1.43 bits per heavy atom. The molecule has 116 valence electrons. The van der Waals surface area contributed by atoms with Gasteiger partial charge in [-0.15, -0.1) is 0 Å². The Balaban J connectivity index is 3.13. The molecule has 1 aromatic carbocycles. The van der Waals surface area contributed by atoms with Crippen LogP contribution in [-0.2, 0) is 14.8 Å². The molecule has 0 unspecified atom stereocenters. The van der Waals surface area contributed by atoms with Crippen molar-refractivity contribution in [2.45, 2.75) is 11.3 Å². The van der Waals surface area contributed by atoms with Gasteiger partial charge in [-0.2, -0.15) is 0 Å². The van der Waals surface area contributed by atoms with Crippen LogP contribution >= 0.6 is 0 Å². The van der Waals surface area contributed by atoms with Gasteiger partial charge in [0.25, 0.3) is 0 Å². The van der Waals surface area contributed by atoms with Crippen LogP contribution in [0, 0.1) is 0 Å². The summed E-state index contributed by atoms with van der Waals surface area (Å²) in [6.45, 7) is -0.0295. The molecular formula is C13H17NO6S. The zero-order chi connectivity index (χ0) is 15.9. The normalized spacial score (nSPS) is 11.7. The van der Waals surface area contributed by atoms with Gasteiger partial charge in [-0.1, -0.05) is 6.07 Å². The van der Waals surface area contributed by atoms with Crippen molar-refractivity contribution in [1.29, 1.82) is 0 Å². The molecule has 0 fully saturated rings. The summed E-state index contributed by atoms with van der Waals surface area (Å²) in [6.07, 6.45) is 2.49. The van der Waals surface area contributed by atoms with Gasteiger partial charge in [0.2, 0.25) is 10.0 Å². The molecule has 7 nitrogen and oxygen atoms in total. The number of carbonyl (C=O) groups is 1. The summed E-state index contributed by atoms with van der Waals surface area (Å²) in [4.78, 5) is 10.4. The van der Waals surface area contributed by atoms with Crippen LogP contribution < -0.4 is 9.46 Å². The quantitative estimate of drug-likeness (QED) is 0.474. The summed E-state index contributed by atoms with van der Waals surface area (Å²) < 4.78 is 31.7. The van der Waals surface area contributed by atoms with E-state index in [9.17, 15) is 13.2 Å². The molecule has 0 radical (unpaired) electrons. The number of methoxy groups -OCH3 is 1. The van der Waals surface area contributed by atoms with Crippen LogP contribution in [0.4, 0.5) is 0 Å². The molecule has 0 bridgehead atoms. The van der Waals surface area contributed by atoms with Crippen LogP contribution in [0.5, 0.6) is 5.75 Å². The monoisotopic (exact) mass is 315 g/mol. The van der Waals surface area contributed by atoms with E-state index in [4.69, 9.17) is 14.9 Å². The molecule has 0 atom stereocenters. The smallest absolute Gasteiger partial charge is 0.328 e. The first-order valence-electron chi connectivity index (χ1n) is 6.10. The molecular weight excluding hydrogens is 298 g/mol. The maximum absolute atomic E-state index is 12.2. The van der Waals surface area contributed by atoms with Crippen LogP contribution in [0.3, 0.4) is 0 Å². The number of carboxylic acids is 1. The fourth-order valence-electron chi connectivity index (χ4n) is 1.54. The first kappa shape index (κ1) is 17.2. The van der Waals surface area contributed by atoms with Gasteiger partial charge in [0.1, 0.15) is 10.6 Å². The molecule has 21 heavy (non-hydrogen) atoms. The van der Waals surface area contributed by atoms with Gasteiger partial charge in [0, 0.05) is 19.2 Å². The van der Waals surface area contributed by atoms with Crippen molar-refractivity contribution in [3.63, 3.8) is 0 Å². The van der Waals surface area contributed by atoms with Crippen LogP contribution in [0.15, 0.2) is 29.2 Å². The lowest BCUT2D eigenvalue weighted by Crippen LogP contribution is -2.25. The van der Waals surface area contributed by atoms with Gasteiger partial charge < -0.3 is 14.9 Å². The van der Waals surface area contributed by atoms with Gasteiger partial charge in [-0.05, 0) is 30.2 Å². The van der Waals surface area contributed by atoms with Crippen LogP contribution in [0.25, 0.3) is 6.08 Å².